The van der Waals surface area contributed by atoms with E-state index in [4.69, 9.17) is 10.5 Å². The van der Waals surface area contributed by atoms with Gasteiger partial charge < -0.3 is 15.8 Å². The molecule has 1 aliphatic heterocycles. The van der Waals surface area contributed by atoms with Gasteiger partial charge in [0.25, 0.3) is 0 Å². The highest BCUT2D eigenvalue weighted by molar-refractivity contribution is 5.69. The van der Waals surface area contributed by atoms with Crippen LogP contribution < -0.4 is 11.1 Å². The van der Waals surface area contributed by atoms with Crippen molar-refractivity contribution < 1.29 is 4.74 Å². The second-order valence-corrected chi connectivity index (χ2v) is 4.54. The maximum Gasteiger partial charge on any atom is 0.0592 e. The Labute approximate surface area is 97.0 Å². The summed E-state index contributed by atoms with van der Waals surface area (Å²) in [7, 11) is 0. The highest BCUT2D eigenvalue weighted by Crippen LogP contribution is 2.25. The van der Waals surface area contributed by atoms with Crippen molar-refractivity contribution in [3.63, 3.8) is 0 Å². The van der Waals surface area contributed by atoms with Gasteiger partial charge in [-0.3, -0.25) is 0 Å². The third kappa shape index (κ3) is 2.30. The first-order valence-electron chi connectivity index (χ1n) is 5.89. The van der Waals surface area contributed by atoms with Gasteiger partial charge in [-0.05, 0) is 31.9 Å². The van der Waals surface area contributed by atoms with Crippen LogP contribution in [0.15, 0.2) is 18.2 Å². The predicted octanol–water partition coefficient (Wildman–Crippen LogP) is 2.41. The number of hydrogen-bond acceptors (Lipinski definition) is 3. The van der Waals surface area contributed by atoms with Crippen LogP contribution in [0, 0.1) is 12.8 Å². The molecule has 2 atom stereocenters. The summed E-state index contributed by atoms with van der Waals surface area (Å²) in [6, 6.07) is 6.09. The first-order valence-corrected chi connectivity index (χ1v) is 5.89. The molecule has 3 heteroatoms. The molecule has 0 saturated carbocycles. The average molecular weight is 220 g/mol. The normalized spacial score (nSPS) is 24.6. The third-order valence-corrected chi connectivity index (χ3v) is 3.41. The van der Waals surface area contributed by atoms with E-state index in [9.17, 15) is 0 Å². The van der Waals surface area contributed by atoms with E-state index in [1.807, 2.05) is 25.1 Å². The van der Waals surface area contributed by atoms with Crippen LogP contribution >= 0.6 is 0 Å². The van der Waals surface area contributed by atoms with E-state index in [1.165, 1.54) is 0 Å². The van der Waals surface area contributed by atoms with E-state index in [0.29, 0.717) is 12.0 Å². The number of nitrogens with two attached hydrogens (primary N) is 1. The van der Waals surface area contributed by atoms with Gasteiger partial charge in [-0.1, -0.05) is 12.1 Å². The number of rotatable bonds is 3. The van der Waals surface area contributed by atoms with Crippen LogP contribution in [0.25, 0.3) is 0 Å². The first kappa shape index (κ1) is 11.3. The van der Waals surface area contributed by atoms with Crippen molar-refractivity contribution in [3.05, 3.63) is 23.8 Å². The van der Waals surface area contributed by atoms with Crippen LogP contribution in [0.4, 0.5) is 11.4 Å². The number of benzene rings is 1. The van der Waals surface area contributed by atoms with E-state index in [2.05, 4.69) is 12.2 Å². The standard InChI is InChI=1S/C13H20N2O/c1-9-4-3-5-12(13(9)14)15-8-11-6-7-16-10(11)2/h3-5,10-11,15H,6-8,14H2,1-2H3. The fourth-order valence-electron chi connectivity index (χ4n) is 2.12. The third-order valence-electron chi connectivity index (χ3n) is 3.41. The van der Waals surface area contributed by atoms with Gasteiger partial charge in [0.15, 0.2) is 0 Å². The topological polar surface area (TPSA) is 47.3 Å². The molecule has 1 aromatic rings. The van der Waals surface area contributed by atoms with Crippen LogP contribution in [0.2, 0.25) is 0 Å². The second kappa shape index (κ2) is 4.74. The van der Waals surface area contributed by atoms with Gasteiger partial charge >= 0.3 is 0 Å². The Hall–Kier alpha value is -1.22. The molecule has 1 saturated heterocycles. The lowest BCUT2D eigenvalue weighted by atomic mass is 10.0. The zero-order valence-electron chi connectivity index (χ0n) is 9.99. The lowest BCUT2D eigenvalue weighted by Crippen LogP contribution is -2.21. The molecule has 1 heterocycles. The number of aryl methyl sites for hydroxylation is 1. The van der Waals surface area contributed by atoms with Gasteiger partial charge in [0, 0.05) is 19.1 Å². The average Bonchev–Trinajstić information content (AvgIpc) is 2.67. The van der Waals surface area contributed by atoms with Crippen molar-refractivity contribution in [2.75, 3.05) is 24.2 Å². The summed E-state index contributed by atoms with van der Waals surface area (Å²) in [5.74, 6) is 0.597. The summed E-state index contributed by atoms with van der Waals surface area (Å²) in [6.07, 6.45) is 1.50. The Bertz CT molecular complexity index is 365. The summed E-state index contributed by atoms with van der Waals surface area (Å²) < 4.78 is 5.54. The van der Waals surface area contributed by atoms with Crippen molar-refractivity contribution in [2.24, 2.45) is 5.92 Å². The van der Waals surface area contributed by atoms with Crippen LogP contribution in [-0.2, 0) is 4.74 Å². The minimum absolute atomic E-state index is 0.360. The van der Waals surface area contributed by atoms with Crippen LogP contribution in [0.5, 0.6) is 0 Å². The number of para-hydroxylation sites is 1. The predicted molar refractivity (Wildman–Crippen MR) is 67.6 cm³/mol. The van der Waals surface area contributed by atoms with Crippen LogP contribution in [-0.4, -0.2) is 19.3 Å². The molecule has 0 amide bonds. The smallest absolute Gasteiger partial charge is 0.0592 e. The Morgan fingerprint density at radius 2 is 2.31 bits per heavy atom. The van der Waals surface area contributed by atoms with Crippen molar-refractivity contribution in [3.8, 4) is 0 Å². The molecule has 2 unspecified atom stereocenters. The van der Waals surface area contributed by atoms with Gasteiger partial charge in [0.2, 0.25) is 0 Å². The van der Waals surface area contributed by atoms with Crippen molar-refractivity contribution >= 4 is 11.4 Å². The van der Waals surface area contributed by atoms with Crippen molar-refractivity contribution in [1.82, 2.24) is 0 Å². The van der Waals surface area contributed by atoms with E-state index >= 15 is 0 Å². The molecule has 0 bridgehead atoms. The molecule has 1 aromatic carbocycles. The molecule has 16 heavy (non-hydrogen) atoms. The molecule has 88 valence electrons. The first-order chi connectivity index (χ1) is 7.68. The number of nitrogen functional groups attached to an aromatic ring is 1. The fraction of sp³-hybridized carbons (Fsp3) is 0.538. The second-order valence-electron chi connectivity index (χ2n) is 4.54. The molecule has 3 nitrogen and oxygen atoms in total. The van der Waals surface area contributed by atoms with E-state index < -0.39 is 0 Å². The SMILES string of the molecule is Cc1cccc(NCC2CCOC2C)c1N. The van der Waals surface area contributed by atoms with Crippen molar-refractivity contribution in [1.29, 1.82) is 0 Å². The maximum atomic E-state index is 6.01. The molecule has 0 aliphatic carbocycles. The summed E-state index contributed by atoms with van der Waals surface area (Å²) in [5.41, 5.74) is 9.03. The summed E-state index contributed by atoms with van der Waals surface area (Å²) in [5, 5.41) is 3.42. The Kier molecular flexibility index (Phi) is 3.34. The quantitative estimate of drug-likeness (QED) is 0.769. The summed E-state index contributed by atoms with van der Waals surface area (Å²) in [4.78, 5) is 0. The number of anilines is 2. The maximum absolute atomic E-state index is 6.01. The van der Waals surface area contributed by atoms with E-state index in [-0.39, 0.29) is 0 Å². The minimum Gasteiger partial charge on any atom is -0.397 e. The zero-order chi connectivity index (χ0) is 11.5. The van der Waals surface area contributed by atoms with E-state index in [1.54, 1.807) is 0 Å². The molecule has 0 aromatic heterocycles. The van der Waals surface area contributed by atoms with Crippen LogP contribution in [0.1, 0.15) is 18.9 Å². The molecular formula is C13H20N2O. The minimum atomic E-state index is 0.360. The molecule has 0 spiro atoms. The lowest BCUT2D eigenvalue weighted by molar-refractivity contribution is 0.108. The highest BCUT2D eigenvalue weighted by atomic mass is 16.5. The van der Waals surface area contributed by atoms with Crippen molar-refractivity contribution in [2.45, 2.75) is 26.4 Å². The monoisotopic (exact) mass is 220 g/mol. The highest BCUT2D eigenvalue weighted by Gasteiger charge is 2.23. The lowest BCUT2D eigenvalue weighted by Gasteiger charge is -2.17. The van der Waals surface area contributed by atoms with Gasteiger partial charge in [0.1, 0.15) is 0 Å². The summed E-state index contributed by atoms with van der Waals surface area (Å²) >= 11 is 0. The van der Waals surface area contributed by atoms with Gasteiger partial charge in [-0.15, -0.1) is 0 Å². The van der Waals surface area contributed by atoms with Gasteiger partial charge in [-0.25, -0.2) is 0 Å². The Morgan fingerprint density at radius 3 is 3.00 bits per heavy atom. The molecule has 0 radical (unpaired) electrons. The van der Waals surface area contributed by atoms with Crippen LogP contribution in [0.3, 0.4) is 0 Å². The zero-order valence-corrected chi connectivity index (χ0v) is 9.99. The molecule has 3 N–H and O–H groups in total. The molecule has 1 aliphatic rings. The van der Waals surface area contributed by atoms with Gasteiger partial charge in [0.05, 0.1) is 17.5 Å². The largest absolute Gasteiger partial charge is 0.397 e. The Morgan fingerprint density at radius 1 is 1.50 bits per heavy atom. The molecular weight excluding hydrogens is 200 g/mol. The van der Waals surface area contributed by atoms with E-state index in [0.717, 1.165) is 36.5 Å². The number of ether oxygens (including phenoxy) is 1. The molecule has 1 fully saturated rings. The number of hydrogen-bond donors (Lipinski definition) is 2. The number of nitrogens with one attached hydrogen (secondary N) is 1. The summed E-state index contributed by atoms with van der Waals surface area (Å²) in [6.45, 7) is 5.99. The fourth-order valence-corrected chi connectivity index (χ4v) is 2.12. The Balaban J connectivity index is 1.96. The molecule has 2 rings (SSSR count). The van der Waals surface area contributed by atoms with Gasteiger partial charge in [-0.2, -0.15) is 0 Å².